The number of hydrogen-bond donors (Lipinski definition) is 2. The normalized spacial score (nSPS) is 10.6. The van der Waals surface area contributed by atoms with Crippen LogP contribution in [0.25, 0.3) is 0 Å². The second-order valence-electron chi connectivity index (χ2n) is 5.43. The first-order valence-electron chi connectivity index (χ1n) is 7.23. The second-order valence-corrected chi connectivity index (χ2v) is 5.43. The van der Waals surface area contributed by atoms with E-state index < -0.39 is 12.6 Å². The van der Waals surface area contributed by atoms with Gasteiger partial charge < -0.3 is 19.6 Å². The van der Waals surface area contributed by atoms with E-state index in [0.717, 1.165) is 5.76 Å². The van der Waals surface area contributed by atoms with Crippen LogP contribution in [0.1, 0.15) is 41.6 Å². The van der Waals surface area contributed by atoms with E-state index in [1.807, 2.05) is 13.8 Å². The summed E-state index contributed by atoms with van der Waals surface area (Å²) in [6.07, 6.45) is 0. The summed E-state index contributed by atoms with van der Waals surface area (Å²) in [5, 5.41) is 11.3. The van der Waals surface area contributed by atoms with Gasteiger partial charge in [-0.25, -0.2) is 4.79 Å². The number of carboxylic acids is 1. The van der Waals surface area contributed by atoms with Crippen LogP contribution in [-0.4, -0.2) is 23.6 Å². The number of amides is 1. The molecule has 2 rings (SSSR count). The summed E-state index contributed by atoms with van der Waals surface area (Å²) in [5.41, 5.74) is 1.09. The van der Waals surface area contributed by atoms with Crippen molar-refractivity contribution in [3.8, 4) is 5.75 Å². The van der Waals surface area contributed by atoms with Crippen molar-refractivity contribution in [1.29, 1.82) is 0 Å². The molecule has 122 valence electrons. The van der Waals surface area contributed by atoms with Crippen LogP contribution < -0.4 is 10.1 Å². The summed E-state index contributed by atoms with van der Waals surface area (Å²) in [7, 11) is 0. The predicted octanol–water partition coefficient (Wildman–Crippen LogP) is 3.43. The minimum absolute atomic E-state index is 0.209. The molecule has 0 spiro atoms. The van der Waals surface area contributed by atoms with E-state index in [-0.39, 0.29) is 11.8 Å². The van der Waals surface area contributed by atoms with Crippen molar-refractivity contribution >= 4 is 17.6 Å². The summed E-state index contributed by atoms with van der Waals surface area (Å²) >= 11 is 0. The smallest absolute Gasteiger partial charge is 0.341 e. The fraction of sp³-hybridized carbons (Fsp3) is 0.294. The predicted molar refractivity (Wildman–Crippen MR) is 85.1 cm³/mol. The molecule has 0 bridgehead atoms. The van der Waals surface area contributed by atoms with Crippen molar-refractivity contribution in [1.82, 2.24) is 0 Å². The zero-order valence-corrected chi connectivity index (χ0v) is 13.3. The first-order chi connectivity index (χ1) is 10.9. The van der Waals surface area contributed by atoms with Gasteiger partial charge in [-0.1, -0.05) is 13.8 Å². The molecule has 2 N–H and O–H groups in total. The van der Waals surface area contributed by atoms with Crippen LogP contribution in [0.5, 0.6) is 5.75 Å². The Bertz CT molecular complexity index is 700. The van der Waals surface area contributed by atoms with Crippen molar-refractivity contribution in [3.63, 3.8) is 0 Å². The lowest BCUT2D eigenvalue weighted by Gasteiger charge is -2.06. The monoisotopic (exact) mass is 317 g/mol. The van der Waals surface area contributed by atoms with Gasteiger partial charge in [-0.05, 0) is 37.3 Å². The summed E-state index contributed by atoms with van der Waals surface area (Å²) in [6.45, 7) is 5.34. The molecular weight excluding hydrogens is 298 g/mol. The lowest BCUT2D eigenvalue weighted by atomic mass is 10.1. The number of ether oxygens (including phenoxy) is 1. The SMILES string of the molecule is Cc1oc(C(C)C)cc1C(=O)Nc1ccc(OCC(=O)O)cc1. The quantitative estimate of drug-likeness (QED) is 0.852. The summed E-state index contributed by atoms with van der Waals surface area (Å²) in [5.74, 6) is 0.682. The van der Waals surface area contributed by atoms with Gasteiger partial charge in [0.15, 0.2) is 6.61 Å². The highest BCUT2D eigenvalue weighted by atomic mass is 16.5. The summed E-state index contributed by atoms with van der Waals surface area (Å²) in [6, 6.07) is 8.24. The van der Waals surface area contributed by atoms with Crippen LogP contribution in [0.4, 0.5) is 5.69 Å². The number of benzene rings is 1. The lowest BCUT2D eigenvalue weighted by molar-refractivity contribution is -0.139. The molecule has 0 saturated heterocycles. The number of hydrogen-bond acceptors (Lipinski definition) is 4. The molecule has 23 heavy (non-hydrogen) atoms. The van der Waals surface area contributed by atoms with Gasteiger partial charge in [0.05, 0.1) is 5.56 Å². The maximum Gasteiger partial charge on any atom is 0.341 e. The Morgan fingerprint density at radius 2 is 1.91 bits per heavy atom. The maximum absolute atomic E-state index is 12.3. The number of rotatable bonds is 6. The highest BCUT2D eigenvalue weighted by Crippen LogP contribution is 2.23. The zero-order valence-electron chi connectivity index (χ0n) is 13.3. The molecule has 0 aliphatic rings. The fourth-order valence-electron chi connectivity index (χ4n) is 1.99. The van der Waals surface area contributed by atoms with Crippen LogP contribution in [0.15, 0.2) is 34.7 Å². The van der Waals surface area contributed by atoms with Crippen molar-refractivity contribution in [2.24, 2.45) is 0 Å². The number of aliphatic carboxylic acids is 1. The Morgan fingerprint density at radius 1 is 1.26 bits per heavy atom. The van der Waals surface area contributed by atoms with Gasteiger partial charge in [0.1, 0.15) is 17.3 Å². The number of carbonyl (C=O) groups is 2. The van der Waals surface area contributed by atoms with Gasteiger partial charge in [-0.2, -0.15) is 0 Å². The van der Waals surface area contributed by atoms with Gasteiger partial charge in [0.2, 0.25) is 0 Å². The Kier molecular flexibility index (Phi) is 5.05. The molecule has 0 saturated carbocycles. The van der Waals surface area contributed by atoms with E-state index in [1.165, 1.54) is 0 Å². The molecule has 1 amide bonds. The molecule has 0 fully saturated rings. The van der Waals surface area contributed by atoms with Gasteiger partial charge in [0.25, 0.3) is 5.91 Å². The van der Waals surface area contributed by atoms with Gasteiger partial charge in [-0.15, -0.1) is 0 Å². The number of anilines is 1. The summed E-state index contributed by atoms with van der Waals surface area (Å²) in [4.78, 5) is 22.7. The van der Waals surface area contributed by atoms with Crippen LogP contribution >= 0.6 is 0 Å². The average Bonchev–Trinajstić information content (AvgIpc) is 2.89. The minimum atomic E-state index is -1.04. The first-order valence-corrected chi connectivity index (χ1v) is 7.23. The molecule has 1 heterocycles. The lowest BCUT2D eigenvalue weighted by Crippen LogP contribution is -2.12. The number of carbonyl (C=O) groups excluding carboxylic acids is 1. The molecule has 0 aliphatic heterocycles. The molecule has 1 aromatic carbocycles. The molecule has 1 aromatic heterocycles. The molecule has 2 aromatic rings. The van der Waals surface area contributed by atoms with Gasteiger partial charge in [-0.3, -0.25) is 4.79 Å². The number of aryl methyl sites for hydroxylation is 1. The van der Waals surface area contributed by atoms with E-state index in [1.54, 1.807) is 37.3 Å². The molecule has 0 radical (unpaired) electrons. The van der Waals surface area contributed by atoms with E-state index in [9.17, 15) is 9.59 Å². The molecule has 0 unspecified atom stereocenters. The standard InChI is InChI=1S/C17H19NO5/c1-10(2)15-8-14(11(3)23-15)17(21)18-12-4-6-13(7-5-12)22-9-16(19)20/h4-8,10H,9H2,1-3H3,(H,18,21)(H,19,20). The third kappa shape index (κ3) is 4.35. The Hall–Kier alpha value is -2.76. The third-order valence-corrected chi connectivity index (χ3v) is 3.22. The second kappa shape index (κ2) is 7.00. The Morgan fingerprint density at radius 3 is 2.43 bits per heavy atom. The Balaban J connectivity index is 2.04. The number of carboxylic acid groups (broad SMARTS) is 1. The highest BCUT2D eigenvalue weighted by Gasteiger charge is 2.16. The maximum atomic E-state index is 12.3. The van der Waals surface area contributed by atoms with Crippen molar-refractivity contribution in [3.05, 3.63) is 47.4 Å². The first kappa shape index (κ1) is 16.6. The van der Waals surface area contributed by atoms with E-state index in [0.29, 0.717) is 22.8 Å². The van der Waals surface area contributed by atoms with Gasteiger partial charge in [0, 0.05) is 11.6 Å². The average molecular weight is 317 g/mol. The highest BCUT2D eigenvalue weighted by molar-refractivity contribution is 6.05. The molecule has 6 nitrogen and oxygen atoms in total. The largest absolute Gasteiger partial charge is 0.482 e. The van der Waals surface area contributed by atoms with Crippen molar-refractivity contribution in [2.45, 2.75) is 26.7 Å². The molecule has 0 atom stereocenters. The zero-order chi connectivity index (χ0) is 17.0. The van der Waals surface area contributed by atoms with Crippen LogP contribution in [0.2, 0.25) is 0 Å². The number of furan rings is 1. The minimum Gasteiger partial charge on any atom is -0.482 e. The van der Waals surface area contributed by atoms with Crippen LogP contribution in [0.3, 0.4) is 0 Å². The van der Waals surface area contributed by atoms with Crippen LogP contribution in [-0.2, 0) is 4.79 Å². The molecule has 6 heteroatoms. The van der Waals surface area contributed by atoms with E-state index in [4.69, 9.17) is 14.3 Å². The molecule has 0 aliphatic carbocycles. The van der Waals surface area contributed by atoms with Crippen molar-refractivity contribution < 1.29 is 23.8 Å². The molecular formula is C17H19NO5. The van der Waals surface area contributed by atoms with Crippen LogP contribution in [0, 0.1) is 6.92 Å². The van der Waals surface area contributed by atoms with Crippen molar-refractivity contribution in [2.75, 3.05) is 11.9 Å². The van der Waals surface area contributed by atoms with E-state index in [2.05, 4.69) is 5.32 Å². The number of nitrogens with one attached hydrogen (secondary N) is 1. The topological polar surface area (TPSA) is 88.8 Å². The third-order valence-electron chi connectivity index (χ3n) is 3.22. The van der Waals surface area contributed by atoms with E-state index >= 15 is 0 Å². The van der Waals surface area contributed by atoms with Gasteiger partial charge >= 0.3 is 5.97 Å². The fourth-order valence-corrected chi connectivity index (χ4v) is 1.99. The Labute approximate surface area is 134 Å². The summed E-state index contributed by atoms with van der Waals surface area (Å²) < 4.78 is 10.6.